The van der Waals surface area contributed by atoms with Crippen molar-refractivity contribution >= 4 is 17.1 Å². The molecule has 1 aliphatic heterocycles. The molecule has 0 spiro atoms. The Morgan fingerprint density at radius 1 is 1.21 bits per heavy atom. The number of carbonyl (C=O) groups excluding carboxylic acids is 1. The Bertz CT molecular complexity index is 1030. The summed E-state index contributed by atoms with van der Waals surface area (Å²) in [6.45, 7) is 3.41. The highest BCUT2D eigenvalue weighted by atomic mass is 19.2. The highest BCUT2D eigenvalue weighted by Gasteiger charge is 2.33. The number of fused-ring (bicyclic) bond motifs is 1. The number of unbranched alkanes of at least 4 members (excludes halogenated alkanes) is 1. The topological polar surface area (TPSA) is 58.4 Å². The summed E-state index contributed by atoms with van der Waals surface area (Å²) >= 11 is 0. The number of nitrogens with one attached hydrogen (secondary N) is 1. The number of rotatable bonds is 5. The summed E-state index contributed by atoms with van der Waals surface area (Å²) in [5.74, 6) is -1.26. The highest BCUT2D eigenvalue weighted by molar-refractivity contribution is 5.80. The van der Waals surface area contributed by atoms with Gasteiger partial charge in [-0.15, -0.1) is 0 Å². The van der Waals surface area contributed by atoms with E-state index in [-0.39, 0.29) is 12.1 Å². The number of benzene rings is 2. The molecule has 1 atom stereocenters. The van der Waals surface area contributed by atoms with Crippen LogP contribution in [0.25, 0.3) is 22.2 Å². The van der Waals surface area contributed by atoms with E-state index < -0.39 is 11.6 Å². The molecule has 0 aliphatic carbocycles. The van der Waals surface area contributed by atoms with E-state index in [4.69, 9.17) is 4.42 Å². The molecule has 1 aliphatic rings. The van der Waals surface area contributed by atoms with Crippen molar-refractivity contribution in [3.8, 4) is 11.1 Å². The van der Waals surface area contributed by atoms with E-state index in [1.54, 1.807) is 23.1 Å². The number of amides is 2. The van der Waals surface area contributed by atoms with Gasteiger partial charge in [-0.1, -0.05) is 25.5 Å². The second-order valence-corrected chi connectivity index (χ2v) is 7.30. The average molecular weight is 399 g/mol. The third kappa shape index (κ3) is 3.95. The Hall–Kier alpha value is -2.96. The highest BCUT2D eigenvalue weighted by Crippen LogP contribution is 2.34. The van der Waals surface area contributed by atoms with Gasteiger partial charge in [-0.2, -0.15) is 0 Å². The van der Waals surface area contributed by atoms with Gasteiger partial charge in [0.05, 0.1) is 0 Å². The Labute approximate surface area is 167 Å². The average Bonchev–Trinajstić information content (AvgIpc) is 3.36. The fraction of sp³-hybridized carbons (Fsp3) is 0.364. The molecular weight excluding hydrogens is 376 g/mol. The second-order valence-electron chi connectivity index (χ2n) is 7.30. The fourth-order valence-electron chi connectivity index (χ4n) is 3.68. The summed E-state index contributed by atoms with van der Waals surface area (Å²) in [6, 6.07) is 8.85. The predicted octanol–water partition coefficient (Wildman–Crippen LogP) is 5.42. The third-order valence-corrected chi connectivity index (χ3v) is 5.26. The van der Waals surface area contributed by atoms with Crippen LogP contribution >= 0.6 is 0 Å². The van der Waals surface area contributed by atoms with E-state index in [1.165, 1.54) is 6.07 Å². The summed E-state index contributed by atoms with van der Waals surface area (Å²) in [6.07, 6.45) is 3.66. The molecule has 2 aromatic carbocycles. The number of aromatic nitrogens is 1. The molecule has 1 unspecified atom stereocenters. The van der Waals surface area contributed by atoms with E-state index in [0.29, 0.717) is 35.6 Å². The maximum Gasteiger partial charge on any atom is 0.318 e. The number of carbonyl (C=O) groups is 1. The van der Waals surface area contributed by atoms with Crippen molar-refractivity contribution in [2.45, 2.75) is 38.6 Å². The molecule has 1 saturated heterocycles. The molecule has 1 aromatic heterocycles. The van der Waals surface area contributed by atoms with Crippen LogP contribution in [-0.2, 0) is 0 Å². The quantitative estimate of drug-likeness (QED) is 0.583. The van der Waals surface area contributed by atoms with Crippen molar-refractivity contribution in [3.05, 3.63) is 53.9 Å². The molecule has 1 fully saturated rings. The molecule has 2 amide bonds. The monoisotopic (exact) mass is 399 g/mol. The lowest BCUT2D eigenvalue weighted by atomic mass is 10.1. The minimum Gasteiger partial charge on any atom is -0.438 e. The van der Waals surface area contributed by atoms with Gasteiger partial charge >= 0.3 is 6.03 Å². The van der Waals surface area contributed by atoms with Crippen LogP contribution in [0, 0.1) is 11.6 Å². The number of nitrogens with zero attached hydrogens (tertiary/aromatic N) is 2. The van der Waals surface area contributed by atoms with Crippen LogP contribution in [0.3, 0.4) is 0 Å². The standard InChI is InChI=1S/C22H23F2N3O2/c1-2-3-10-25-22(28)27-11-4-5-19(27)21-26-18-13-15(7-9-20(18)29-21)14-6-8-16(23)17(24)12-14/h6-9,12-13,19H,2-5,10-11H2,1H3,(H,25,28). The van der Waals surface area contributed by atoms with Crippen LogP contribution in [0.2, 0.25) is 0 Å². The van der Waals surface area contributed by atoms with Gasteiger partial charge in [-0.3, -0.25) is 0 Å². The van der Waals surface area contributed by atoms with E-state index in [9.17, 15) is 13.6 Å². The summed E-state index contributed by atoms with van der Waals surface area (Å²) in [5, 5.41) is 2.95. The van der Waals surface area contributed by atoms with Gasteiger partial charge in [0.25, 0.3) is 0 Å². The van der Waals surface area contributed by atoms with Crippen molar-refractivity contribution in [3.63, 3.8) is 0 Å². The molecule has 0 saturated carbocycles. The normalized spacial score (nSPS) is 16.5. The zero-order chi connectivity index (χ0) is 20.4. The SMILES string of the molecule is CCCCNC(=O)N1CCCC1c1nc2cc(-c3ccc(F)c(F)c3)ccc2o1. The van der Waals surface area contributed by atoms with Crippen LogP contribution in [0.1, 0.15) is 44.5 Å². The summed E-state index contributed by atoms with van der Waals surface area (Å²) in [5.41, 5.74) is 2.51. The minimum absolute atomic E-state index is 0.0920. The number of hydrogen-bond donors (Lipinski definition) is 1. The van der Waals surface area contributed by atoms with Gasteiger partial charge in [0.1, 0.15) is 11.6 Å². The molecule has 1 N–H and O–H groups in total. The molecule has 5 nitrogen and oxygen atoms in total. The Morgan fingerprint density at radius 2 is 2.00 bits per heavy atom. The Morgan fingerprint density at radius 3 is 2.79 bits per heavy atom. The molecular formula is C22H23F2N3O2. The summed E-state index contributed by atoms with van der Waals surface area (Å²) < 4.78 is 32.7. The van der Waals surface area contributed by atoms with Crippen LogP contribution in [0.5, 0.6) is 0 Å². The molecule has 4 rings (SSSR count). The lowest BCUT2D eigenvalue weighted by Gasteiger charge is -2.22. The van der Waals surface area contributed by atoms with Gasteiger partial charge < -0.3 is 14.6 Å². The summed E-state index contributed by atoms with van der Waals surface area (Å²) in [7, 11) is 0. The van der Waals surface area contributed by atoms with Crippen molar-refractivity contribution in [1.29, 1.82) is 0 Å². The predicted molar refractivity (Wildman–Crippen MR) is 106 cm³/mol. The molecule has 0 radical (unpaired) electrons. The molecule has 7 heteroatoms. The minimum atomic E-state index is -0.890. The molecule has 152 valence electrons. The number of urea groups is 1. The van der Waals surface area contributed by atoms with Gasteiger partial charge in [-0.25, -0.2) is 18.6 Å². The van der Waals surface area contributed by atoms with Gasteiger partial charge in [0, 0.05) is 13.1 Å². The first-order valence-electron chi connectivity index (χ1n) is 9.97. The van der Waals surface area contributed by atoms with Crippen molar-refractivity contribution < 1.29 is 18.0 Å². The van der Waals surface area contributed by atoms with Gasteiger partial charge in [-0.05, 0) is 54.7 Å². The second kappa shape index (κ2) is 8.19. The zero-order valence-corrected chi connectivity index (χ0v) is 16.3. The number of likely N-dealkylation sites (tertiary alicyclic amines) is 1. The lowest BCUT2D eigenvalue weighted by Crippen LogP contribution is -2.39. The van der Waals surface area contributed by atoms with Crippen molar-refractivity contribution in [1.82, 2.24) is 15.2 Å². The zero-order valence-electron chi connectivity index (χ0n) is 16.3. The van der Waals surface area contributed by atoms with E-state index in [1.807, 2.05) is 0 Å². The molecule has 3 aromatic rings. The molecule has 2 heterocycles. The first-order valence-corrected chi connectivity index (χ1v) is 9.97. The lowest BCUT2D eigenvalue weighted by molar-refractivity contribution is 0.185. The van der Waals surface area contributed by atoms with Crippen LogP contribution in [0.4, 0.5) is 13.6 Å². The number of hydrogen-bond acceptors (Lipinski definition) is 3. The van der Waals surface area contributed by atoms with E-state index in [0.717, 1.165) is 43.4 Å². The maximum atomic E-state index is 13.6. The van der Waals surface area contributed by atoms with Crippen molar-refractivity contribution in [2.75, 3.05) is 13.1 Å². The van der Waals surface area contributed by atoms with E-state index >= 15 is 0 Å². The fourth-order valence-corrected chi connectivity index (χ4v) is 3.68. The third-order valence-electron chi connectivity index (χ3n) is 5.26. The van der Waals surface area contributed by atoms with Gasteiger partial charge in [0.15, 0.2) is 17.2 Å². The van der Waals surface area contributed by atoms with Crippen LogP contribution < -0.4 is 5.32 Å². The van der Waals surface area contributed by atoms with Crippen molar-refractivity contribution in [2.24, 2.45) is 0 Å². The van der Waals surface area contributed by atoms with Crippen LogP contribution in [-0.4, -0.2) is 29.0 Å². The van der Waals surface area contributed by atoms with Gasteiger partial charge in [0.2, 0.25) is 5.89 Å². The first kappa shape index (κ1) is 19.4. The molecule has 29 heavy (non-hydrogen) atoms. The Balaban J connectivity index is 1.58. The van der Waals surface area contributed by atoms with E-state index in [2.05, 4.69) is 17.2 Å². The largest absolute Gasteiger partial charge is 0.438 e. The maximum absolute atomic E-state index is 13.6. The van der Waals surface area contributed by atoms with Crippen LogP contribution in [0.15, 0.2) is 40.8 Å². The first-order chi connectivity index (χ1) is 14.1. The Kier molecular flexibility index (Phi) is 5.47. The smallest absolute Gasteiger partial charge is 0.318 e. The molecule has 0 bridgehead atoms. The number of oxazole rings is 1. The summed E-state index contributed by atoms with van der Waals surface area (Å²) in [4.78, 5) is 18.9. The number of halogens is 2.